The normalized spacial score (nSPS) is 17.1. The smallest absolute Gasteiger partial charge is 0.265 e. The summed E-state index contributed by atoms with van der Waals surface area (Å²) in [5.74, 6) is -0.111. The summed E-state index contributed by atoms with van der Waals surface area (Å²) in [6, 6.07) is 20.9. The summed E-state index contributed by atoms with van der Waals surface area (Å²) in [6.07, 6.45) is 2.03. The molecular weight excluding hydrogens is 434 g/mol. The van der Waals surface area contributed by atoms with Gasteiger partial charge in [0.15, 0.2) is 0 Å². The quantitative estimate of drug-likeness (QED) is 0.431. The molecule has 0 bridgehead atoms. The lowest BCUT2D eigenvalue weighted by molar-refractivity contribution is -0.117. The van der Waals surface area contributed by atoms with Crippen molar-refractivity contribution < 1.29 is 14.0 Å². The molecule has 1 N–H and O–H groups in total. The summed E-state index contributed by atoms with van der Waals surface area (Å²) in [6.45, 7) is 4.13. The lowest BCUT2D eigenvalue weighted by Crippen LogP contribution is -2.32. The summed E-state index contributed by atoms with van der Waals surface area (Å²) in [4.78, 5) is 27.9. The minimum atomic E-state index is -0.544. The number of nitrogens with zero attached hydrogens (tertiary/aromatic N) is 2. The molecule has 1 aliphatic rings. The Labute approximate surface area is 196 Å². The lowest BCUT2D eigenvalue weighted by Gasteiger charge is -2.19. The molecule has 4 rings (SSSR count). The number of nitriles is 1. The van der Waals surface area contributed by atoms with Crippen LogP contribution in [0.15, 0.2) is 81.9 Å². The number of hydrogen-bond donors (Lipinski definition) is 1. The Morgan fingerprint density at radius 3 is 2.55 bits per heavy atom. The molecule has 0 radical (unpaired) electrons. The van der Waals surface area contributed by atoms with E-state index >= 15 is 0 Å². The van der Waals surface area contributed by atoms with Crippen LogP contribution in [0, 0.1) is 25.2 Å². The summed E-state index contributed by atoms with van der Waals surface area (Å²) < 4.78 is 5.25. The maximum Gasteiger partial charge on any atom is 0.265 e. The third kappa shape index (κ3) is 4.86. The van der Waals surface area contributed by atoms with Gasteiger partial charge in [0.05, 0.1) is 18.1 Å². The molecule has 7 heteroatoms. The highest BCUT2D eigenvalue weighted by Gasteiger charge is 2.40. The predicted octanol–water partition coefficient (Wildman–Crippen LogP) is 4.64. The van der Waals surface area contributed by atoms with Crippen molar-refractivity contribution in [1.82, 2.24) is 5.32 Å². The molecule has 1 fully saturated rings. The van der Waals surface area contributed by atoms with Crippen LogP contribution >= 0.6 is 11.8 Å². The minimum absolute atomic E-state index is 0.0900. The molecular formula is C26H23N3O3S. The topological polar surface area (TPSA) is 86.3 Å². The van der Waals surface area contributed by atoms with Crippen LogP contribution in [0.4, 0.5) is 5.69 Å². The van der Waals surface area contributed by atoms with E-state index in [-0.39, 0.29) is 18.0 Å². The highest BCUT2D eigenvalue weighted by Crippen LogP contribution is 2.42. The Morgan fingerprint density at radius 1 is 1.12 bits per heavy atom. The Hall–Kier alpha value is -3.76. The summed E-state index contributed by atoms with van der Waals surface area (Å²) in [7, 11) is 0. The molecule has 166 valence electrons. The van der Waals surface area contributed by atoms with Crippen molar-refractivity contribution in [2.24, 2.45) is 0 Å². The summed E-state index contributed by atoms with van der Waals surface area (Å²) in [5, 5.41) is 12.5. The first-order valence-electron chi connectivity index (χ1n) is 10.5. The largest absolute Gasteiger partial charge is 0.467 e. The molecule has 0 aliphatic carbocycles. The average molecular weight is 458 g/mol. The molecule has 1 aliphatic heterocycles. The van der Waals surface area contributed by atoms with Crippen LogP contribution in [-0.2, 0) is 22.6 Å². The molecule has 6 nitrogen and oxygen atoms in total. The van der Waals surface area contributed by atoms with E-state index in [0.717, 1.165) is 16.7 Å². The van der Waals surface area contributed by atoms with Gasteiger partial charge < -0.3 is 9.73 Å². The lowest BCUT2D eigenvalue weighted by atomic mass is 10.0. The zero-order valence-electron chi connectivity index (χ0n) is 18.4. The fourth-order valence-corrected chi connectivity index (χ4v) is 4.92. The van der Waals surface area contributed by atoms with Crippen LogP contribution in [0.5, 0.6) is 0 Å². The molecule has 0 spiro atoms. The fourth-order valence-electron chi connectivity index (χ4n) is 3.62. The van der Waals surface area contributed by atoms with Gasteiger partial charge in [0.2, 0.25) is 5.91 Å². The van der Waals surface area contributed by atoms with Crippen LogP contribution < -0.4 is 10.2 Å². The number of thioether (sulfide) groups is 1. The minimum Gasteiger partial charge on any atom is -0.467 e. The molecule has 0 unspecified atom stereocenters. The van der Waals surface area contributed by atoms with Gasteiger partial charge in [-0.1, -0.05) is 53.7 Å². The third-order valence-electron chi connectivity index (χ3n) is 5.47. The van der Waals surface area contributed by atoms with Crippen LogP contribution in [-0.4, -0.2) is 17.1 Å². The van der Waals surface area contributed by atoms with Gasteiger partial charge in [-0.2, -0.15) is 5.26 Å². The number of rotatable bonds is 6. The average Bonchev–Trinajstić information content (AvgIpc) is 3.44. The van der Waals surface area contributed by atoms with Crippen LogP contribution in [0.3, 0.4) is 0 Å². The second kappa shape index (κ2) is 9.80. The summed E-state index contributed by atoms with van der Waals surface area (Å²) in [5.41, 5.74) is 3.76. The Bertz CT molecular complexity index is 1240. The van der Waals surface area contributed by atoms with E-state index in [9.17, 15) is 14.9 Å². The molecule has 2 heterocycles. The van der Waals surface area contributed by atoms with Crippen molar-refractivity contribution in [1.29, 1.82) is 5.26 Å². The van der Waals surface area contributed by atoms with E-state index in [0.29, 0.717) is 22.9 Å². The van der Waals surface area contributed by atoms with Gasteiger partial charge in [-0.15, -0.1) is 0 Å². The van der Waals surface area contributed by atoms with Gasteiger partial charge in [-0.25, -0.2) is 0 Å². The van der Waals surface area contributed by atoms with E-state index in [2.05, 4.69) is 5.32 Å². The standard InChI is InChI=1S/C26H23N3O3S/c1-17-9-11-20(12-10-17)29-25(31)23(14-19-7-4-3-6-18(19)2)33-26(29)22(15-27)24(30)28-16-21-8-5-13-32-21/h3-13,23H,14,16H2,1-2H3,(H,28,30)/b26-22+/t23-/m0/s1. The first kappa shape index (κ1) is 22.4. The summed E-state index contributed by atoms with van der Waals surface area (Å²) >= 11 is 1.26. The van der Waals surface area contributed by atoms with E-state index in [1.165, 1.54) is 22.9 Å². The Balaban J connectivity index is 1.69. The predicted molar refractivity (Wildman–Crippen MR) is 128 cm³/mol. The molecule has 3 aromatic rings. The Kier molecular flexibility index (Phi) is 6.66. The number of aryl methyl sites for hydroxylation is 2. The number of carbonyl (C=O) groups is 2. The SMILES string of the molecule is Cc1ccc(N2C(=O)[C@H](Cc3ccccc3C)S/C2=C(\C#N)C(=O)NCc2ccco2)cc1. The van der Waals surface area contributed by atoms with Gasteiger partial charge in [0.25, 0.3) is 5.91 Å². The van der Waals surface area contributed by atoms with Gasteiger partial charge >= 0.3 is 0 Å². The van der Waals surface area contributed by atoms with Crippen molar-refractivity contribution in [3.8, 4) is 6.07 Å². The number of nitrogens with one attached hydrogen (secondary N) is 1. The molecule has 0 saturated carbocycles. The monoisotopic (exact) mass is 457 g/mol. The second-order valence-electron chi connectivity index (χ2n) is 7.80. The third-order valence-corrected chi connectivity index (χ3v) is 6.73. The van der Waals surface area contributed by atoms with Gasteiger partial charge in [0, 0.05) is 5.69 Å². The highest BCUT2D eigenvalue weighted by atomic mass is 32.2. The van der Waals surface area contributed by atoms with Gasteiger partial charge in [0.1, 0.15) is 22.4 Å². The van der Waals surface area contributed by atoms with E-state index < -0.39 is 11.2 Å². The number of benzene rings is 2. The molecule has 2 aromatic carbocycles. The zero-order valence-corrected chi connectivity index (χ0v) is 19.2. The molecule has 2 amide bonds. The van der Waals surface area contributed by atoms with Crippen molar-refractivity contribution in [2.45, 2.75) is 32.1 Å². The number of carbonyl (C=O) groups excluding carboxylic acids is 2. The van der Waals surface area contributed by atoms with Crippen molar-refractivity contribution in [2.75, 3.05) is 4.90 Å². The number of hydrogen-bond acceptors (Lipinski definition) is 5. The number of furan rings is 1. The van der Waals surface area contributed by atoms with Crippen LogP contribution in [0.1, 0.15) is 22.5 Å². The maximum absolute atomic E-state index is 13.5. The van der Waals surface area contributed by atoms with Gasteiger partial charge in [-0.05, 0) is 55.7 Å². The van der Waals surface area contributed by atoms with Crippen LogP contribution in [0.25, 0.3) is 0 Å². The first-order valence-corrected chi connectivity index (χ1v) is 11.4. The van der Waals surface area contributed by atoms with Crippen LogP contribution in [0.2, 0.25) is 0 Å². The highest BCUT2D eigenvalue weighted by molar-refractivity contribution is 8.05. The van der Waals surface area contributed by atoms with Crippen molar-refractivity contribution >= 4 is 29.3 Å². The van der Waals surface area contributed by atoms with E-state index in [1.807, 2.05) is 68.4 Å². The maximum atomic E-state index is 13.5. The molecule has 33 heavy (non-hydrogen) atoms. The van der Waals surface area contributed by atoms with Gasteiger partial charge in [-0.3, -0.25) is 14.5 Å². The zero-order chi connectivity index (χ0) is 23.4. The second-order valence-corrected chi connectivity index (χ2v) is 8.99. The molecule has 1 saturated heterocycles. The fraction of sp³-hybridized carbons (Fsp3) is 0.192. The number of anilines is 1. The van der Waals surface area contributed by atoms with Crippen molar-refractivity contribution in [3.63, 3.8) is 0 Å². The van der Waals surface area contributed by atoms with Crippen molar-refractivity contribution in [3.05, 3.63) is 100.0 Å². The molecule has 1 aromatic heterocycles. The molecule has 1 atom stereocenters. The van der Waals surface area contributed by atoms with E-state index in [1.54, 1.807) is 12.1 Å². The Morgan fingerprint density at radius 2 is 1.88 bits per heavy atom. The number of amides is 2. The first-order chi connectivity index (χ1) is 16.0. The van der Waals surface area contributed by atoms with E-state index in [4.69, 9.17) is 4.42 Å².